The van der Waals surface area contributed by atoms with Crippen molar-refractivity contribution in [2.45, 2.75) is 18.9 Å². The first-order valence-electron chi connectivity index (χ1n) is 7.38. The van der Waals surface area contributed by atoms with Gasteiger partial charge in [-0.05, 0) is 54.8 Å². The fraction of sp³-hybridized carbons (Fsp3) is 0.333. The molecule has 3 rings (SSSR count). The summed E-state index contributed by atoms with van der Waals surface area (Å²) in [4.78, 5) is 0. The summed E-state index contributed by atoms with van der Waals surface area (Å²) in [5.74, 6) is 1.92. The summed E-state index contributed by atoms with van der Waals surface area (Å²) in [6.07, 6.45) is 2.19. The summed E-state index contributed by atoms with van der Waals surface area (Å²) in [6.45, 7) is 0.831. The van der Waals surface area contributed by atoms with Crippen LogP contribution < -0.4 is 14.8 Å². The van der Waals surface area contributed by atoms with Crippen LogP contribution in [0.5, 0.6) is 11.5 Å². The van der Waals surface area contributed by atoms with Crippen LogP contribution in [-0.2, 0) is 6.42 Å². The lowest BCUT2D eigenvalue weighted by atomic mass is 9.95. The van der Waals surface area contributed by atoms with Gasteiger partial charge in [-0.2, -0.15) is 0 Å². The van der Waals surface area contributed by atoms with Crippen LogP contribution in [0.4, 0.5) is 0 Å². The standard InChI is InChI=1S/C18H21NO2/c1-19-18(14-5-3-7-16(12-14)20-2)15-8-9-17-13(11-15)6-4-10-21-17/h3,5,7-9,11-12,18-19H,4,6,10H2,1-2H3. The molecule has 1 atom stereocenters. The van der Waals surface area contributed by atoms with Crippen LogP contribution in [0.1, 0.15) is 29.2 Å². The SMILES string of the molecule is CNC(c1cccc(OC)c1)c1ccc2c(c1)CCCO2. The number of methoxy groups -OCH3 is 1. The van der Waals surface area contributed by atoms with E-state index in [1.54, 1.807) is 7.11 Å². The predicted octanol–water partition coefficient (Wildman–Crippen LogP) is 3.33. The Morgan fingerprint density at radius 3 is 2.81 bits per heavy atom. The van der Waals surface area contributed by atoms with Gasteiger partial charge in [0.05, 0.1) is 19.8 Å². The van der Waals surface area contributed by atoms with Crippen molar-refractivity contribution >= 4 is 0 Å². The van der Waals surface area contributed by atoms with Gasteiger partial charge in [0.25, 0.3) is 0 Å². The molecule has 21 heavy (non-hydrogen) atoms. The Hall–Kier alpha value is -2.00. The van der Waals surface area contributed by atoms with Gasteiger partial charge in [0.15, 0.2) is 0 Å². The second-order valence-corrected chi connectivity index (χ2v) is 5.32. The molecule has 0 aromatic heterocycles. The van der Waals surface area contributed by atoms with Gasteiger partial charge < -0.3 is 14.8 Å². The smallest absolute Gasteiger partial charge is 0.122 e. The quantitative estimate of drug-likeness (QED) is 0.933. The fourth-order valence-corrected chi connectivity index (χ4v) is 2.91. The molecule has 3 heteroatoms. The minimum Gasteiger partial charge on any atom is -0.497 e. The van der Waals surface area contributed by atoms with Crippen LogP contribution in [0.3, 0.4) is 0 Å². The van der Waals surface area contributed by atoms with Gasteiger partial charge in [0.2, 0.25) is 0 Å². The first kappa shape index (κ1) is 14.0. The molecule has 3 nitrogen and oxygen atoms in total. The summed E-state index contributed by atoms with van der Waals surface area (Å²) in [7, 11) is 3.68. The van der Waals surface area contributed by atoms with Crippen LogP contribution in [0.2, 0.25) is 0 Å². The Kier molecular flexibility index (Phi) is 4.11. The first-order valence-corrected chi connectivity index (χ1v) is 7.38. The minimum absolute atomic E-state index is 0.160. The van der Waals surface area contributed by atoms with Crippen LogP contribution in [-0.4, -0.2) is 20.8 Å². The van der Waals surface area contributed by atoms with Crippen molar-refractivity contribution in [3.8, 4) is 11.5 Å². The topological polar surface area (TPSA) is 30.5 Å². The summed E-state index contributed by atoms with van der Waals surface area (Å²) < 4.78 is 11.0. The second-order valence-electron chi connectivity index (χ2n) is 5.32. The molecular weight excluding hydrogens is 262 g/mol. The summed E-state index contributed by atoms with van der Waals surface area (Å²) in [6, 6.07) is 14.9. The van der Waals surface area contributed by atoms with Crippen molar-refractivity contribution in [3.63, 3.8) is 0 Å². The van der Waals surface area contributed by atoms with E-state index in [1.165, 1.54) is 16.7 Å². The molecule has 0 amide bonds. The predicted molar refractivity (Wildman–Crippen MR) is 84.2 cm³/mol. The summed E-state index contributed by atoms with van der Waals surface area (Å²) in [5.41, 5.74) is 3.77. The van der Waals surface area contributed by atoms with Gasteiger partial charge in [0, 0.05) is 0 Å². The van der Waals surface area contributed by atoms with Crippen molar-refractivity contribution in [1.82, 2.24) is 5.32 Å². The molecule has 0 aliphatic carbocycles. The second kappa shape index (κ2) is 6.19. The highest BCUT2D eigenvalue weighted by molar-refractivity contribution is 5.43. The third-order valence-corrected chi connectivity index (χ3v) is 3.98. The van der Waals surface area contributed by atoms with Gasteiger partial charge in [-0.25, -0.2) is 0 Å². The highest BCUT2D eigenvalue weighted by atomic mass is 16.5. The van der Waals surface area contributed by atoms with Gasteiger partial charge >= 0.3 is 0 Å². The average molecular weight is 283 g/mol. The van der Waals surface area contributed by atoms with E-state index in [1.807, 2.05) is 19.2 Å². The van der Waals surface area contributed by atoms with E-state index >= 15 is 0 Å². The molecule has 0 radical (unpaired) electrons. The number of hydrogen-bond acceptors (Lipinski definition) is 3. The molecule has 110 valence electrons. The minimum atomic E-state index is 0.160. The van der Waals surface area contributed by atoms with Gasteiger partial charge in [-0.15, -0.1) is 0 Å². The molecule has 0 saturated carbocycles. The van der Waals surface area contributed by atoms with Crippen molar-refractivity contribution in [3.05, 3.63) is 59.2 Å². The van der Waals surface area contributed by atoms with Crippen molar-refractivity contribution in [2.75, 3.05) is 20.8 Å². The van der Waals surface area contributed by atoms with Crippen LogP contribution in [0.25, 0.3) is 0 Å². The maximum atomic E-state index is 5.69. The lowest BCUT2D eigenvalue weighted by molar-refractivity contribution is 0.288. The van der Waals surface area contributed by atoms with E-state index in [4.69, 9.17) is 9.47 Å². The number of rotatable bonds is 4. The molecule has 1 N–H and O–H groups in total. The number of fused-ring (bicyclic) bond motifs is 1. The maximum Gasteiger partial charge on any atom is 0.122 e. The van der Waals surface area contributed by atoms with Crippen molar-refractivity contribution < 1.29 is 9.47 Å². The van der Waals surface area contributed by atoms with E-state index in [0.29, 0.717) is 0 Å². The average Bonchev–Trinajstić information content (AvgIpc) is 2.56. The highest BCUT2D eigenvalue weighted by Crippen LogP contribution is 2.31. The zero-order chi connectivity index (χ0) is 14.7. The van der Waals surface area contributed by atoms with Gasteiger partial charge in [0.1, 0.15) is 11.5 Å². The monoisotopic (exact) mass is 283 g/mol. The Bertz CT molecular complexity index is 624. The van der Waals surface area contributed by atoms with E-state index in [2.05, 4.69) is 35.6 Å². The Morgan fingerprint density at radius 1 is 1.14 bits per heavy atom. The van der Waals surface area contributed by atoms with Crippen molar-refractivity contribution in [2.24, 2.45) is 0 Å². The van der Waals surface area contributed by atoms with E-state index < -0.39 is 0 Å². The molecular formula is C18H21NO2. The third kappa shape index (κ3) is 2.88. The largest absolute Gasteiger partial charge is 0.497 e. The number of ether oxygens (including phenoxy) is 2. The van der Waals surface area contributed by atoms with Gasteiger partial charge in [-0.1, -0.05) is 24.3 Å². The lowest BCUT2D eigenvalue weighted by Gasteiger charge is -2.22. The fourth-order valence-electron chi connectivity index (χ4n) is 2.91. The Balaban J connectivity index is 1.95. The van der Waals surface area contributed by atoms with Gasteiger partial charge in [-0.3, -0.25) is 0 Å². The third-order valence-electron chi connectivity index (χ3n) is 3.98. The Labute approximate surface area is 125 Å². The van der Waals surface area contributed by atoms with E-state index in [9.17, 15) is 0 Å². The number of hydrogen-bond donors (Lipinski definition) is 1. The maximum absolute atomic E-state index is 5.69. The molecule has 0 fully saturated rings. The zero-order valence-electron chi connectivity index (χ0n) is 12.6. The van der Waals surface area contributed by atoms with Crippen molar-refractivity contribution in [1.29, 1.82) is 0 Å². The molecule has 1 aliphatic heterocycles. The van der Waals surface area contributed by atoms with Crippen LogP contribution in [0.15, 0.2) is 42.5 Å². The number of nitrogens with one attached hydrogen (secondary N) is 1. The number of benzene rings is 2. The molecule has 2 aromatic carbocycles. The normalized spacial score (nSPS) is 15.0. The van der Waals surface area contributed by atoms with E-state index in [-0.39, 0.29) is 6.04 Å². The molecule has 1 heterocycles. The number of aryl methyl sites for hydroxylation is 1. The van der Waals surface area contributed by atoms with Crippen LogP contribution >= 0.6 is 0 Å². The van der Waals surface area contributed by atoms with E-state index in [0.717, 1.165) is 30.9 Å². The summed E-state index contributed by atoms with van der Waals surface area (Å²) >= 11 is 0. The zero-order valence-corrected chi connectivity index (χ0v) is 12.6. The lowest BCUT2D eigenvalue weighted by Crippen LogP contribution is -2.18. The molecule has 0 bridgehead atoms. The molecule has 2 aromatic rings. The summed E-state index contributed by atoms with van der Waals surface area (Å²) in [5, 5.41) is 3.40. The molecule has 1 unspecified atom stereocenters. The molecule has 1 aliphatic rings. The Morgan fingerprint density at radius 2 is 2.00 bits per heavy atom. The highest BCUT2D eigenvalue weighted by Gasteiger charge is 2.16. The molecule has 0 saturated heterocycles. The first-order chi connectivity index (χ1) is 10.3. The van der Waals surface area contributed by atoms with Crippen LogP contribution in [0, 0.1) is 0 Å². The molecule has 0 spiro atoms.